The third-order valence-corrected chi connectivity index (χ3v) is 7.20. The van der Waals surface area contributed by atoms with Crippen molar-refractivity contribution >= 4 is 28.7 Å². The Hall–Kier alpha value is -4.94. The van der Waals surface area contributed by atoms with E-state index in [9.17, 15) is 22.8 Å². The number of hydrogen-bond acceptors (Lipinski definition) is 7. The maximum absolute atomic E-state index is 13.3. The van der Waals surface area contributed by atoms with E-state index in [0.29, 0.717) is 35.4 Å². The molecule has 0 spiro atoms. The molecule has 1 unspecified atom stereocenters. The molecule has 2 amide bonds. The first-order valence-electron chi connectivity index (χ1n) is 13.1. The lowest BCUT2D eigenvalue weighted by atomic mass is 10.1. The van der Waals surface area contributed by atoms with Crippen molar-refractivity contribution < 1.29 is 27.5 Å². The van der Waals surface area contributed by atoms with E-state index >= 15 is 0 Å². The zero-order valence-corrected chi connectivity index (χ0v) is 22.7. The molecule has 2 aromatic heterocycles. The van der Waals surface area contributed by atoms with Gasteiger partial charge in [0.15, 0.2) is 5.65 Å². The number of alkyl halides is 3. The molecular weight excluding hydrogens is 551 g/mol. The van der Waals surface area contributed by atoms with Crippen LogP contribution in [0.5, 0.6) is 5.75 Å². The van der Waals surface area contributed by atoms with Crippen LogP contribution in [0.3, 0.4) is 0 Å². The number of hydrogen-bond donors (Lipinski definition) is 2. The summed E-state index contributed by atoms with van der Waals surface area (Å²) in [5.74, 6) is -1.11. The van der Waals surface area contributed by atoms with Gasteiger partial charge in [-0.25, -0.2) is 14.6 Å². The predicted octanol–water partition coefficient (Wildman–Crippen LogP) is 4.38. The van der Waals surface area contributed by atoms with Gasteiger partial charge in [0.1, 0.15) is 23.6 Å². The number of methoxy groups -OCH3 is 1. The molecule has 13 heteroatoms. The molecule has 5 rings (SSSR count). The second-order valence-electron chi connectivity index (χ2n) is 9.80. The van der Waals surface area contributed by atoms with Gasteiger partial charge in [-0.05, 0) is 36.6 Å². The monoisotopic (exact) mass is 579 g/mol. The molecule has 0 radical (unpaired) electrons. The number of nitrogen functional groups attached to an aromatic ring is 1. The van der Waals surface area contributed by atoms with Gasteiger partial charge in [0.05, 0.1) is 29.7 Å². The number of fused-ring (bicyclic) bond motifs is 1. The molecule has 1 saturated heterocycles. The zero-order chi connectivity index (χ0) is 30.0. The second-order valence-corrected chi connectivity index (χ2v) is 9.80. The number of nitrogens with two attached hydrogens (primary N) is 1. The number of benzene rings is 2. The van der Waals surface area contributed by atoms with Crippen LogP contribution >= 0.6 is 0 Å². The number of aromatic nitrogens is 4. The van der Waals surface area contributed by atoms with Crippen LogP contribution in [0.4, 0.5) is 19.0 Å². The maximum Gasteiger partial charge on any atom is 0.419 e. The Morgan fingerprint density at radius 2 is 1.95 bits per heavy atom. The third-order valence-electron chi connectivity index (χ3n) is 7.20. The van der Waals surface area contributed by atoms with Crippen LogP contribution in [0, 0.1) is 0 Å². The standard InChI is InChI=1S/C29H28F3N7O3/c1-3-22(40)38-13-5-6-19(15-38)39-27-23(26(33)35-16-36-27)24(37-39)18-11-9-17(10-12-18)14-34-28(41)20-7-4-8-21(25(20)42-2)29(30,31)32/h3-4,7-12,16,19H,1,5-6,13-15H2,2H3,(H,34,41)(H2,33,35,36). The first-order chi connectivity index (χ1) is 20.1. The molecule has 42 heavy (non-hydrogen) atoms. The SMILES string of the molecule is C=CC(=O)N1CCCC(n2nc(-c3ccc(CNC(=O)c4cccc(C(F)(F)F)c4OC)cc3)c3c(N)ncnc32)C1. The van der Waals surface area contributed by atoms with Crippen LogP contribution in [-0.2, 0) is 17.5 Å². The number of likely N-dealkylation sites (tertiary alicyclic amines) is 1. The number of carbonyl (C=O) groups is 2. The van der Waals surface area contributed by atoms with Crippen LogP contribution < -0.4 is 15.8 Å². The minimum Gasteiger partial charge on any atom is -0.495 e. The number of rotatable bonds is 7. The van der Waals surface area contributed by atoms with E-state index in [-0.39, 0.29) is 29.9 Å². The maximum atomic E-state index is 13.3. The van der Waals surface area contributed by atoms with E-state index < -0.39 is 23.4 Å². The Balaban J connectivity index is 1.38. The molecule has 0 saturated carbocycles. The summed E-state index contributed by atoms with van der Waals surface area (Å²) in [6, 6.07) is 10.3. The second kappa shape index (κ2) is 11.5. The van der Waals surface area contributed by atoms with Gasteiger partial charge in [0.2, 0.25) is 5.91 Å². The van der Waals surface area contributed by atoms with E-state index in [4.69, 9.17) is 15.6 Å². The minimum atomic E-state index is -4.66. The molecule has 3 heterocycles. The van der Waals surface area contributed by atoms with Crippen molar-refractivity contribution in [1.29, 1.82) is 0 Å². The first-order valence-corrected chi connectivity index (χ1v) is 13.1. The van der Waals surface area contributed by atoms with Gasteiger partial charge < -0.3 is 20.7 Å². The highest BCUT2D eigenvalue weighted by molar-refractivity contribution is 5.99. The molecule has 2 aromatic carbocycles. The fourth-order valence-electron chi connectivity index (χ4n) is 5.15. The van der Waals surface area contributed by atoms with Gasteiger partial charge in [-0.1, -0.05) is 36.9 Å². The van der Waals surface area contributed by atoms with Crippen LogP contribution in [0.2, 0.25) is 0 Å². The summed E-state index contributed by atoms with van der Waals surface area (Å²) in [7, 11) is 1.09. The van der Waals surface area contributed by atoms with Crippen molar-refractivity contribution in [2.24, 2.45) is 0 Å². The number of nitrogens with zero attached hydrogens (tertiary/aromatic N) is 5. The third kappa shape index (κ3) is 5.49. The van der Waals surface area contributed by atoms with Crippen molar-refractivity contribution in [3.05, 3.63) is 78.1 Å². The van der Waals surface area contributed by atoms with Gasteiger partial charge in [0, 0.05) is 25.2 Å². The molecule has 1 atom stereocenters. The van der Waals surface area contributed by atoms with Crippen LogP contribution in [-0.4, -0.2) is 56.7 Å². The van der Waals surface area contributed by atoms with E-state index in [0.717, 1.165) is 37.6 Å². The molecule has 1 aliphatic heterocycles. The molecule has 10 nitrogen and oxygen atoms in total. The largest absolute Gasteiger partial charge is 0.495 e. The Morgan fingerprint density at radius 3 is 2.64 bits per heavy atom. The van der Waals surface area contributed by atoms with Crippen molar-refractivity contribution in [2.75, 3.05) is 25.9 Å². The molecule has 1 fully saturated rings. The number of para-hydroxylation sites is 1. The van der Waals surface area contributed by atoms with Gasteiger partial charge in [-0.2, -0.15) is 18.3 Å². The number of amides is 2. The summed E-state index contributed by atoms with van der Waals surface area (Å²) in [4.78, 5) is 35.3. The summed E-state index contributed by atoms with van der Waals surface area (Å²) in [6.07, 6.45) is -0.386. The van der Waals surface area contributed by atoms with Crippen molar-refractivity contribution in [2.45, 2.75) is 31.6 Å². The van der Waals surface area contributed by atoms with Gasteiger partial charge in [-0.3, -0.25) is 9.59 Å². The van der Waals surface area contributed by atoms with Crippen LogP contribution in [0.15, 0.2) is 61.4 Å². The number of carbonyl (C=O) groups excluding carboxylic acids is 2. The van der Waals surface area contributed by atoms with Crippen molar-refractivity contribution in [3.63, 3.8) is 0 Å². The number of anilines is 1. The average Bonchev–Trinajstić information content (AvgIpc) is 3.40. The summed E-state index contributed by atoms with van der Waals surface area (Å²) < 4.78 is 46.8. The van der Waals surface area contributed by atoms with E-state index in [1.54, 1.807) is 33.8 Å². The predicted molar refractivity (Wildman–Crippen MR) is 149 cm³/mol. The Labute approximate surface area is 239 Å². The quantitative estimate of drug-likeness (QED) is 0.311. The normalized spacial score (nSPS) is 15.4. The molecule has 218 valence electrons. The smallest absolute Gasteiger partial charge is 0.419 e. The topological polar surface area (TPSA) is 128 Å². The minimum absolute atomic E-state index is 0.0637. The molecule has 4 aromatic rings. The lowest BCUT2D eigenvalue weighted by Crippen LogP contribution is -2.40. The molecule has 0 aliphatic carbocycles. The Kier molecular flexibility index (Phi) is 7.83. The average molecular weight is 580 g/mol. The lowest BCUT2D eigenvalue weighted by Gasteiger charge is -2.32. The number of halogens is 3. The van der Waals surface area contributed by atoms with Crippen molar-refractivity contribution in [3.8, 4) is 17.0 Å². The molecular formula is C29H28F3N7O3. The Morgan fingerprint density at radius 1 is 1.19 bits per heavy atom. The number of nitrogens with one attached hydrogen (secondary N) is 1. The highest BCUT2D eigenvalue weighted by Crippen LogP contribution is 2.38. The van der Waals surface area contributed by atoms with E-state index in [1.807, 2.05) is 0 Å². The van der Waals surface area contributed by atoms with Crippen LogP contribution in [0.1, 0.15) is 40.4 Å². The first kappa shape index (κ1) is 28.6. The fraction of sp³-hybridized carbons (Fsp3) is 0.276. The zero-order valence-electron chi connectivity index (χ0n) is 22.7. The van der Waals surface area contributed by atoms with Gasteiger partial charge >= 0.3 is 6.18 Å². The summed E-state index contributed by atoms with van der Waals surface area (Å²) >= 11 is 0. The molecule has 0 bridgehead atoms. The Bertz CT molecular complexity index is 1650. The molecule has 3 N–H and O–H groups in total. The highest BCUT2D eigenvalue weighted by atomic mass is 19.4. The highest BCUT2D eigenvalue weighted by Gasteiger charge is 2.36. The van der Waals surface area contributed by atoms with Gasteiger partial charge in [-0.15, -0.1) is 0 Å². The van der Waals surface area contributed by atoms with Gasteiger partial charge in [0.25, 0.3) is 5.91 Å². The van der Waals surface area contributed by atoms with Crippen LogP contribution in [0.25, 0.3) is 22.3 Å². The van der Waals surface area contributed by atoms with E-state index in [2.05, 4.69) is 21.9 Å². The summed E-state index contributed by atoms with van der Waals surface area (Å²) in [6.45, 7) is 4.75. The lowest BCUT2D eigenvalue weighted by molar-refractivity contribution is -0.138. The van der Waals surface area contributed by atoms with E-state index in [1.165, 1.54) is 18.5 Å². The fourth-order valence-corrected chi connectivity index (χ4v) is 5.15. The summed E-state index contributed by atoms with van der Waals surface area (Å²) in [5, 5.41) is 8.08. The summed E-state index contributed by atoms with van der Waals surface area (Å²) in [5.41, 5.74) is 7.57. The van der Waals surface area contributed by atoms with Crippen molar-refractivity contribution in [1.82, 2.24) is 30.0 Å². The number of piperidine rings is 1. The molecule has 1 aliphatic rings. The number of ether oxygens (including phenoxy) is 1.